The van der Waals surface area contributed by atoms with E-state index in [2.05, 4.69) is 5.16 Å². The molecule has 0 bridgehead atoms. The SMILES string of the molecule is C/C(=N\O)c1ccc2c(c1O)CCCC2. The van der Waals surface area contributed by atoms with Crippen molar-refractivity contribution in [2.75, 3.05) is 0 Å². The second-order valence-electron chi connectivity index (χ2n) is 3.99. The zero-order valence-corrected chi connectivity index (χ0v) is 8.82. The van der Waals surface area contributed by atoms with E-state index < -0.39 is 0 Å². The number of aryl methyl sites for hydroxylation is 1. The quantitative estimate of drug-likeness (QED) is 0.420. The third-order valence-electron chi connectivity index (χ3n) is 3.04. The summed E-state index contributed by atoms with van der Waals surface area (Å²) >= 11 is 0. The van der Waals surface area contributed by atoms with Crippen LogP contribution in [0.3, 0.4) is 0 Å². The molecule has 0 fully saturated rings. The van der Waals surface area contributed by atoms with Gasteiger partial charge in [0.1, 0.15) is 5.75 Å². The Morgan fingerprint density at radius 3 is 2.73 bits per heavy atom. The average Bonchev–Trinajstić information content (AvgIpc) is 2.29. The van der Waals surface area contributed by atoms with Crippen LogP contribution < -0.4 is 0 Å². The van der Waals surface area contributed by atoms with E-state index in [0.717, 1.165) is 24.8 Å². The number of hydrogen-bond acceptors (Lipinski definition) is 3. The van der Waals surface area contributed by atoms with Crippen LogP contribution in [0, 0.1) is 0 Å². The molecule has 2 rings (SSSR count). The van der Waals surface area contributed by atoms with Crippen molar-refractivity contribution in [3.63, 3.8) is 0 Å². The molecule has 0 atom stereocenters. The molecule has 0 heterocycles. The number of fused-ring (bicyclic) bond motifs is 1. The lowest BCUT2D eigenvalue weighted by Gasteiger charge is -2.18. The Bertz CT molecular complexity index is 410. The van der Waals surface area contributed by atoms with Gasteiger partial charge in [0.05, 0.1) is 5.71 Å². The van der Waals surface area contributed by atoms with E-state index >= 15 is 0 Å². The summed E-state index contributed by atoms with van der Waals surface area (Å²) in [5, 5.41) is 21.9. The molecular weight excluding hydrogens is 190 g/mol. The average molecular weight is 205 g/mol. The summed E-state index contributed by atoms with van der Waals surface area (Å²) in [4.78, 5) is 0. The smallest absolute Gasteiger partial charge is 0.128 e. The second kappa shape index (κ2) is 3.93. The summed E-state index contributed by atoms with van der Waals surface area (Å²) in [6.45, 7) is 1.68. The van der Waals surface area contributed by atoms with Gasteiger partial charge in [0.2, 0.25) is 0 Å². The summed E-state index contributed by atoms with van der Waals surface area (Å²) in [6, 6.07) is 3.85. The monoisotopic (exact) mass is 205 g/mol. The molecule has 0 unspecified atom stereocenters. The lowest BCUT2D eigenvalue weighted by Crippen LogP contribution is -2.06. The highest BCUT2D eigenvalue weighted by molar-refractivity contribution is 6.01. The number of benzene rings is 1. The maximum atomic E-state index is 10.0. The first-order valence-corrected chi connectivity index (χ1v) is 5.27. The molecule has 1 aliphatic rings. The molecule has 3 heteroatoms. The van der Waals surface area contributed by atoms with E-state index in [9.17, 15) is 5.11 Å². The Hall–Kier alpha value is -1.51. The molecule has 1 aromatic rings. The van der Waals surface area contributed by atoms with Gasteiger partial charge >= 0.3 is 0 Å². The first kappa shape index (κ1) is 10.0. The van der Waals surface area contributed by atoms with Gasteiger partial charge in [-0.05, 0) is 49.8 Å². The van der Waals surface area contributed by atoms with Crippen molar-refractivity contribution in [2.24, 2.45) is 5.16 Å². The van der Waals surface area contributed by atoms with Gasteiger partial charge in [0.25, 0.3) is 0 Å². The zero-order chi connectivity index (χ0) is 10.8. The van der Waals surface area contributed by atoms with Crippen molar-refractivity contribution in [1.82, 2.24) is 0 Å². The van der Waals surface area contributed by atoms with Crippen LogP contribution in [0.15, 0.2) is 17.3 Å². The van der Waals surface area contributed by atoms with Gasteiger partial charge in [-0.1, -0.05) is 11.2 Å². The molecule has 0 amide bonds. The summed E-state index contributed by atoms with van der Waals surface area (Å²) in [5.41, 5.74) is 3.36. The van der Waals surface area contributed by atoms with Crippen LogP contribution >= 0.6 is 0 Å². The molecule has 0 radical (unpaired) electrons. The van der Waals surface area contributed by atoms with E-state index in [-0.39, 0.29) is 0 Å². The molecule has 3 nitrogen and oxygen atoms in total. The lowest BCUT2D eigenvalue weighted by molar-refractivity contribution is 0.318. The number of nitrogens with zero attached hydrogens (tertiary/aromatic N) is 1. The number of phenols is 1. The largest absolute Gasteiger partial charge is 0.507 e. The van der Waals surface area contributed by atoms with Gasteiger partial charge in [0, 0.05) is 5.56 Å². The summed E-state index contributed by atoms with van der Waals surface area (Å²) in [7, 11) is 0. The standard InChI is InChI=1S/C12H15NO2/c1-8(13-15)10-7-6-9-4-2-3-5-11(9)12(10)14/h6-7,14-15H,2-5H2,1H3/b13-8+. The molecule has 0 saturated heterocycles. The molecule has 0 aliphatic heterocycles. The topological polar surface area (TPSA) is 52.8 Å². The van der Waals surface area contributed by atoms with Crippen LogP contribution in [-0.2, 0) is 12.8 Å². The van der Waals surface area contributed by atoms with Crippen molar-refractivity contribution in [1.29, 1.82) is 0 Å². The van der Waals surface area contributed by atoms with Gasteiger partial charge in [-0.25, -0.2) is 0 Å². The maximum Gasteiger partial charge on any atom is 0.128 e. The number of aromatic hydroxyl groups is 1. The van der Waals surface area contributed by atoms with Crippen LogP contribution in [0.2, 0.25) is 0 Å². The predicted octanol–water partition coefficient (Wildman–Crippen LogP) is 2.47. The Labute approximate surface area is 89.1 Å². The zero-order valence-electron chi connectivity index (χ0n) is 8.82. The first-order valence-electron chi connectivity index (χ1n) is 5.27. The minimum absolute atomic E-state index is 0.294. The van der Waals surface area contributed by atoms with E-state index in [1.165, 1.54) is 12.0 Å². The van der Waals surface area contributed by atoms with Crippen molar-refractivity contribution < 1.29 is 10.3 Å². The van der Waals surface area contributed by atoms with Crippen molar-refractivity contribution in [3.8, 4) is 5.75 Å². The number of phenolic OH excluding ortho intramolecular Hbond substituents is 1. The Balaban J connectivity index is 2.52. The fraction of sp³-hybridized carbons (Fsp3) is 0.417. The second-order valence-corrected chi connectivity index (χ2v) is 3.99. The number of oxime groups is 1. The molecule has 0 spiro atoms. The Morgan fingerprint density at radius 1 is 1.27 bits per heavy atom. The van der Waals surface area contributed by atoms with E-state index in [1.807, 2.05) is 12.1 Å². The van der Waals surface area contributed by atoms with Crippen molar-refractivity contribution in [2.45, 2.75) is 32.6 Å². The third kappa shape index (κ3) is 1.69. The third-order valence-corrected chi connectivity index (χ3v) is 3.04. The van der Waals surface area contributed by atoms with Gasteiger partial charge in [0.15, 0.2) is 0 Å². The van der Waals surface area contributed by atoms with Gasteiger partial charge in [-0.15, -0.1) is 0 Å². The van der Waals surface area contributed by atoms with Crippen LogP contribution in [0.4, 0.5) is 0 Å². The van der Waals surface area contributed by atoms with Gasteiger partial charge in [-0.3, -0.25) is 0 Å². The molecule has 1 aromatic carbocycles. The highest BCUT2D eigenvalue weighted by Gasteiger charge is 2.16. The molecule has 0 aromatic heterocycles. The van der Waals surface area contributed by atoms with Crippen molar-refractivity contribution in [3.05, 3.63) is 28.8 Å². The minimum atomic E-state index is 0.294. The van der Waals surface area contributed by atoms with Crippen LogP contribution in [0.1, 0.15) is 36.5 Å². The molecule has 2 N–H and O–H groups in total. The van der Waals surface area contributed by atoms with E-state index in [4.69, 9.17) is 5.21 Å². The van der Waals surface area contributed by atoms with Gasteiger partial charge < -0.3 is 10.3 Å². The molecule has 0 saturated carbocycles. The van der Waals surface area contributed by atoms with Crippen LogP contribution in [0.5, 0.6) is 5.75 Å². The maximum absolute atomic E-state index is 10.0. The van der Waals surface area contributed by atoms with Crippen LogP contribution in [-0.4, -0.2) is 16.0 Å². The highest BCUT2D eigenvalue weighted by atomic mass is 16.4. The molecule has 80 valence electrons. The first-order chi connectivity index (χ1) is 7.24. The Morgan fingerprint density at radius 2 is 2.00 bits per heavy atom. The number of rotatable bonds is 1. The van der Waals surface area contributed by atoms with E-state index in [1.54, 1.807) is 6.92 Å². The molecule has 1 aliphatic carbocycles. The summed E-state index contributed by atoms with van der Waals surface area (Å²) in [6.07, 6.45) is 4.28. The van der Waals surface area contributed by atoms with Gasteiger partial charge in [-0.2, -0.15) is 0 Å². The Kier molecular flexibility index (Phi) is 2.62. The number of hydrogen-bond donors (Lipinski definition) is 2. The van der Waals surface area contributed by atoms with E-state index in [0.29, 0.717) is 17.0 Å². The minimum Gasteiger partial charge on any atom is -0.507 e. The van der Waals surface area contributed by atoms with Crippen LogP contribution in [0.25, 0.3) is 0 Å². The lowest BCUT2D eigenvalue weighted by atomic mass is 9.88. The van der Waals surface area contributed by atoms with Crippen molar-refractivity contribution >= 4 is 5.71 Å². The summed E-state index contributed by atoms with van der Waals surface area (Å²) in [5.74, 6) is 0.294. The predicted molar refractivity (Wildman–Crippen MR) is 58.7 cm³/mol. The highest BCUT2D eigenvalue weighted by Crippen LogP contribution is 2.32. The fourth-order valence-electron chi connectivity index (χ4n) is 2.15. The summed E-state index contributed by atoms with van der Waals surface area (Å²) < 4.78 is 0. The molecule has 15 heavy (non-hydrogen) atoms. The molecular formula is C12H15NO2. The fourth-order valence-corrected chi connectivity index (χ4v) is 2.15. The normalized spacial score (nSPS) is 16.2.